The van der Waals surface area contributed by atoms with Gasteiger partial charge in [0.25, 0.3) is 0 Å². The minimum Gasteiger partial charge on any atom is -0.147 e. The summed E-state index contributed by atoms with van der Waals surface area (Å²) in [6, 6.07) is 31.6. The monoisotopic (exact) mass is 804 g/mol. The van der Waals surface area contributed by atoms with Crippen molar-refractivity contribution < 1.29 is 29.4 Å². The number of fused-ring (bicyclic) bond motifs is 3. The topological polar surface area (TPSA) is 18.5 Å². The van der Waals surface area contributed by atoms with Gasteiger partial charge < -0.3 is 0 Å². The van der Waals surface area contributed by atoms with E-state index in [0.29, 0.717) is 7.35 Å². The Morgan fingerprint density at radius 1 is 0.556 bits per heavy atom. The van der Waals surface area contributed by atoms with Gasteiger partial charge in [-0.3, -0.25) is 0 Å². The van der Waals surface area contributed by atoms with Crippen LogP contribution in [0.5, 0.6) is 11.5 Å². The van der Waals surface area contributed by atoms with Crippen LogP contribution in [-0.4, -0.2) is 14.2 Å². The van der Waals surface area contributed by atoms with Crippen molar-refractivity contribution in [3.8, 4) is 33.8 Å². The molecule has 4 aromatic rings. The quantitative estimate of drug-likeness (QED) is 0.181. The SMILES string of the molecule is COc1ccc(-c2cccc3c2C=C(C)[CH]3[Hf]2([CH]3C(C)=Cc4c(-c5ccc(OC)cc5)cccc43)[CH]3CCCC[CH]32)cc1.Cl.Cl. The van der Waals surface area contributed by atoms with E-state index in [2.05, 4.69) is 111 Å². The Balaban J connectivity index is 0.00000179. The smallest absolute Gasteiger partial charge is 0.147 e. The molecule has 5 heteroatoms. The average Bonchev–Trinajstić information content (AvgIpc) is 3.35. The summed E-state index contributed by atoms with van der Waals surface area (Å²) in [5.74, 6) is 1.82. The first-order valence-corrected chi connectivity index (χ1v) is 24.3. The van der Waals surface area contributed by atoms with Crippen molar-refractivity contribution in [2.24, 2.45) is 0 Å². The number of halogens is 2. The van der Waals surface area contributed by atoms with Crippen molar-refractivity contribution in [2.75, 3.05) is 14.2 Å². The van der Waals surface area contributed by atoms with Crippen LogP contribution in [0.15, 0.2) is 96.1 Å². The molecule has 2 fully saturated rings. The summed E-state index contributed by atoms with van der Waals surface area (Å²) >= 11 is -3.12. The van der Waals surface area contributed by atoms with Gasteiger partial charge in [-0.25, -0.2) is 0 Å². The van der Waals surface area contributed by atoms with Gasteiger partial charge in [-0.15, -0.1) is 24.8 Å². The van der Waals surface area contributed by atoms with E-state index in [9.17, 15) is 0 Å². The molecule has 232 valence electrons. The number of hydrogen-bond acceptors (Lipinski definition) is 2. The first-order valence-electron chi connectivity index (χ1n) is 16.0. The minimum absolute atomic E-state index is 0. The Morgan fingerprint density at radius 2 is 0.956 bits per heavy atom. The molecule has 0 N–H and O–H groups in total. The van der Waals surface area contributed by atoms with E-state index in [1.807, 2.05) is 0 Å². The molecule has 1 aliphatic heterocycles. The van der Waals surface area contributed by atoms with Gasteiger partial charge in [0.15, 0.2) is 0 Å². The summed E-state index contributed by atoms with van der Waals surface area (Å²) in [5, 5.41) is 0. The number of allylic oxidation sites excluding steroid dienone is 2. The number of ether oxygens (including phenoxy) is 2. The molecule has 3 aliphatic carbocycles. The molecule has 0 spiro atoms. The van der Waals surface area contributed by atoms with Crippen molar-refractivity contribution >= 4 is 37.0 Å². The largest absolute Gasteiger partial charge is 0.147 e. The standard InChI is InChI=1S/2C17H15O.C6H10.2ClH.Hf/c2*1-12-10-14-4-3-5-16(17(14)11-12)13-6-8-15(18-2)9-7-13;1-2-4-6-5-3-1;;;/h2*3-11H,1-2H3;1-2H,3-6H2;2*1H;. The van der Waals surface area contributed by atoms with Crippen LogP contribution in [0, 0.1) is 0 Å². The van der Waals surface area contributed by atoms with E-state index >= 15 is 0 Å². The van der Waals surface area contributed by atoms with Gasteiger partial charge in [-0.2, -0.15) is 0 Å². The van der Waals surface area contributed by atoms with Gasteiger partial charge in [0.1, 0.15) is 0 Å². The summed E-state index contributed by atoms with van der Waals surface area (Å²) in [4.78, 5) is 0. The fourth-order valence-electron chi connectivity index (χ4n) is 9.72. The molecule has 4 aromatic carbocycles. The van der Waals surface area contributed by atoms with E-state index in [1.165, 1.54) is 59.1 Å². The maximum Gasteiger partial charge on any atom is -0.147 e. The average molecular weight is 804 g/mol. The molecule has 0 amide bonds. The van der Waals surface area contributed by atoms with Gasteiger partial charge in [-0.1, -0.05) is 0 Å². The van der Waals surface area contributed by atoms with Gasteiger partial charge in [0, 0.05) is 0 Å². The van der Waals surface area contributed by atoms with Gasteiger partial charge in [0.05, 0.1) is 0 Å². The summed E-state index contributed by atoms with van der Waals surface area (Å²) < 4.78 is 14.3. The van der Waals surface area contributed by atoms with Crippen LogP contribution in [0.4, 0.5) is 0 Å². The van der Waals surface area contributed by atoms with Crippen LogP contribution in [-0.2, 0) is 20.0 Å². The molecule has 1 saturated heterocycles. The zero-order chi connectivity index (χ0) is 29.3. The summed E-state index contributed by atoms with van der Waals surface area (Å²) in [6.07, 6.45) is 10.9. The second-order valence-corrected chi connectivity index (χ2v) is 29.9. The summed E-state index contributed by atoms with van der Waals surface area (Å²) in [7, 11) is 3.48. The maximum atomic E-state index is 5.47. The van der Waals surface area contributed by atoms with E-state index in [0.717, 1.165) is 18.8 Å². The Hall–Kier alpha value is -2.59. The van der Waals surface area contributed by atoms with E-state index in [4.69, 9.17) is 9.47 Å². The molecule has 2 nitrogen and oxygen atoms in total. The van der Waals surface area contributed by atoms with Gasteiger partial charge >= 0.3 is 262 Å². The van der Waals surface area contributed by atoms with E-state index < -0.39 is 20.0 Å². The van der Waals surface area contributed by atoms with Crippen molar-refractivity contribution in [3.63, 3.8) is 0 Å². The maximum absolute atomic E-state index is 5.47. The van der Waals surface area contributed by atoms with Crippen molar-refractivity contribution in [3.05, 3.63) is 118 Å². The molecule has 4 unspecified atom stereocenters. The number of methoxy groups -OCH3 is 2. The zero-order valence-electron chi connectivity index (χ0n) is 26.5. The molecule has 1 saturated carbocycles. The molecule has 8 rings (SSSR count). The van der Waals surface area contributed by atoms with Crippen molar-refractivity contribution in [1.29, 1.82) is 0 Å². The second-order valence-electron chi connectivity index (χ2n) is 13.2. The van der Waals surface area contributed by atoms with Crippen LogP contribution in [0.1, 0.15) is 69.1 Å². The summed E-state index contributed by atoms with van der Waals surface area (Å²) in [6.45, 7) is 4.94. The summed E-state index contributed by atoms with van der Waals surface area (Å²) in [5.41, 5.74) is 14.8. The van der Waals surface area contributed by atoms with Crippen LogP contribution in [0.2, 0.25) is 7.35 Å². The number of rotatable bonds is 6. The molecular weight excluding hydrogens is 762 g/mol. The molecule has 1 heterocycles. The third-order valence-corrected chi connectivity index (χ3v) is 36.8. The Bertz CT molecular complexity index is 1660. The molecular formula is C40H42Cl2HfO2. The first kappa shape index (κ1) is 32.4. The molecule has 0 aromatic heterocycles. The predicted molar refractivity (Wildman–Crippen MR) is 190 cm³/mol. The van der Waals surface area contributed by atoms with E-state index in [1.54, 1.807) is 36.5 Å². The fourth-order valence-corrected chi connectivity index (χ4v) is 45.2. The van der Waals surface area contributed by atoms with Crippen LogP contribution >= 0.6 is 24.8 Å². The molecule has 0 radical (unpaired) electrons. The first-order chi connectivity index (χ1) is 21.1. The van der Waals surface area contributed by atoms with E-state index in [-0.39, 0.29) is 24.8 Å². The predicted octanol–water partition coefficient (Wildman–Crippen LogP) is 11.8. The van der Waals surface area contributed by atoms with Gasteiger partial charge in [0.2, 0.25) is 0 Å². The molecule has 45 heavy (non-hydrogen) atoms. The van der Waals surface area contributed by atoms with Crippen LogP contribution in [0.25, 0.3) is 34.4 Å². The van der Waals surface area contributed by atoms with Crippen molar-refractivity contribution in [1.82, 2.24) is 0 Å². The molecule has 4 aliphatic rings. The third kappa shape index (κ3) is 4.91. The normalized spacial score (nSPS) is 25.4. The minimum atomic E-state index is -3.12. The Labute approximate surface area is 285 Å². The second kappa shape index (κ2) is 12.5. The Morgan fingerprint density at radius 3 is 1.33 bits per heavy atom. The Kier molecular flexibility index (Phi) is 9.02. The fraction of sp³-hybridized carbons (Fsp3) is 0.300. The number of benzene rings is 4. The zero-order valence-corrected chi connectivity index (χ0v) is 31.7. The number of hydrogen-bond donors (Lipinski definition) is 0. The third-order valence-electron chi connectivity index (χ3n) is 11.3. The van der Waals surface area contributed by atoms with Crippen LogP contribution < -0.4 is 9.47 Å². The van der Waals surface area contributed by atoms with Gasteiger partial charge in [-0.05, 0) is 0 Å². The van der Waals surface area contributed by atoms with Crippen molar-refractivity contribution in [2.45, 2.75) is 54.2 Å². The molecule has 4 atom stereocenters. The van der Waals surface area contributed by atoms with Crippen LogP contribution in [0.3, 0.4) is 0 Å². The molecule has 0 bridgehead atoms.